The van der Waals surface area contributed by atoms with Crippen molar-refractivity contribution in [1.29, 1.82) is 0 Å². The highest BCUT2D eigenvalue weighted by Crippen LogP contribution is 2.26. The second kappa shape index (κ2) is 5.22. The van der Waals surface area contributed by atoms with E-state index in [1.807, 2.05) is 0 Å². The van der Waals surface area contributed by atoms with Gasteiger partial charge in [-0.25, -0.2) is 8.42 Å². The van der Waals surface area contributed by atoms with Crippen molar-refractivity contribution < 1.29 is 23.1 Å². The van der Waals surface area contributed by atoms with Crippen LogP contribution in [0.3, 0.4) is 0 Å². The molecule has 2 N–H and O–H groups in total. The number of aliphatic carboxylic acids is 1. The Labute approximate surface area is 116 Å². The molecule has 0 atom stereocenters. The molecule has 1 fully saturated rings. The number of hydrogen-bond acceptors (Lipinski definition) is 4. The topological polar surface area (TPSA) is 104 Å². The molecule has 1 saturated heterocycles. The van der Waals surface area contributed by atoms with Gasteiger partial charge in [-0.3, -0.25) is 9.59 Å². The van der Waals surface area contributed by atoms with Crippen LogP contribution in [0.5, 0.6) is 0 Å². The molecular formula is C12H14N2O5S. The van der Waals surface area contributed by atoms with Crippen LogP contribution in [-0.4, -0.2) is 42.8 Å². The Morgan fingerprint density at radius 1 is 1.25 bits per heavy atom. The minimum absolute atomic E-state index is 0.00882. The van der Waals surface area contributed by atoms with Crippen LogP contribution in [0.2, 0.25) is 0 Å². The molecule has 2 rings (SSSR count). The monoisotopic (exact) mass is 298 g/mol. The van der Waals surface area contributed by atoms with E-state index < -0.39 is 21.9 Å². The zero-order valence-corrected chi connectivity index (χ0v) is 11.6. The summed E-state index contributed by atoms with van der Waals surface area (Å²) in [6.07, 6.45) is 0. The summed E-state index contributed by atoms with van der Waals surface area (Å²) >= 11 is 0. The Kier molecular flexibility index (Phi) is 3.78. The first-order valence-corrected chi connectivity index (χ1v) is 7.35. The fraction of sp³-hybridized carbons (Fsp3) is 0.333. The lowest BCUT2D eigenvalue weighted by molar-refractivity contribution is -0.145. The zero-order valence-electron chi connectivity index (χ0n) is 10.7. The fourth-order valence-corrected chi connectivity index (χ4v) is 3.38. The van der Waals surface area contributed by atoms with Crippen LogP contribution in [-0.2, 0) is 19.6 Å². The second-order valence-electron chi connectivity index (χ2n) is 4.56. The summed E-state index contributed by atoms with van der Waals surface area (Å²) < 4.78 is 25.4. The van der Waals surface area contributed by atoms with Crippen LogP contribution in [0.25, 0.3) is 0 Å². The SMILES string of the molecule is CC(=O)Nc1ccc(S(=O)(=O)N2CC(C(=O)O)C2)cc1. The average molecular weight is 298 g/mol. The highest BCUT2D eigenvalue weighted by Gasteiger charge is 2.40. The fourth-order valence-electron chi connectivity index (χ4n) is 1.85. The van der Waals surface area contributed by atoms with Crippen molar-refractivity contribution in [1.82, 2.24) is 4.31 Å². The summed E-state index contributed by atoms with van der Waals surface area (Å²) in [4.78, 5) is 21.6. The van der Waals surface area contributed by atoms with E-state index in [4.69, 9.17) is 5.11 Å². The van der Waals surface area contributed by atoms with Gasteiger partial charge in [0.1, 0.15) is 0 Å². The van der Waals surface area contributed by atoms with Crippen molar-refractivity contribution in [3.8, 4) is 0 Å². The highest BCUT2D eigenvalue weighted by molar-refractivity contribution is 7.89. The number of benzene rings is 1. The van der Waals surface area contributed by atoms with Gasteiger partial charge in [0, 0.05) is 25.7 Å². The van der Waals surface area contributed by atoms with Crippen molar-refractivity contribution in [3.05, 3.63) is 24.3 Å². The van der Waals surface area contributed by atoms with Gasteiger partial charge in [0.2, 0.25) is 15.9 Å². The average Bonchev–Trinajstić information content (AvgIpc) is 2.25. The van der Waals surface area contributed by atoms with Gasteiger partial charge in [0.25, 0.3) is 0 Å². The minimum Gasteiger partial charge on any atom is -0.481 e. The van der Waals surface area contributed by atoms with Crippen molar-refractivity contribution in [3.63, 3.8) is 0 Å². The smallest absolute Gasteiger partial charge is 0.309 e. The number of carboxylic acids is 1. The number of carbonyl (C=O) groups is 2. The number of amides is 1. The molecule has 0 saturated carbocycles. The molecule has 1 heterocycles. The van der Waals surface area contributed by atoms with E-state index in [1.165, 1.54) is 31.2 Å². The Morgan fingerprint density at radius 2 is 1.80 bits per heavy atom. The van der Waals surface area contributed by atoms with E-state index in [-0.39, 0.29) is 23.9 Å². The van der Waals surface area contributed by atoms with Gasteiger partial charge in [0.15, 0.2) is 0 Å². The summed E-state index contributed by atoms with van der Waals surface area (Å²) in [5.74, 6) is -1.87. The van der Waals surface area contributed by atoms with Crippen LogP contribution >= 0.6 is 0 Å². The molecule has 8 heteroatoms. The number of carboxylic acid groups (broad SMARTS) is 1. The lowest BCUT2D eigenvalue weighted by Crippen LogP contribution is -2.52. The first kappa shape index (κ1) is 14.5. The number of carbonyl (C=O) groups excluding carboxylic acids is 1. The van der Waals surface area contributed by atoms with Gasteiger partial charge in [-0.05, 0) is 24.3 Å². The minimum atomic E-state index is -3.66. The molecule has 108 valence electrons. The van der Waals surface area contributed by atoms with Gasteiger partial charge in [-0.2, -0.15) is 4.31 Å². The third-order valence-electron chi connectivity index (χ3n) is 3.01. The van der Waals surface area contributed by atoms with E-state index in [0.717, 1.165) is 4.31 Å². The molecular weight excluding hydrogens is 284 g/mol. The summed E-state index contributed by atoms with van der Waals surface area (Å²) in [5, 5.41) is 11.3. The van der Waals surface area contributed by atoms with E-state index in [0.29, 0.717) is 5.69 Å². The lowest BCUT2D eigenvalue weighted by atomic mass is 10.0. The van der Waals surface area contributed by atoms with Gasteiger partial charge >= 0.3 is 5.97 Å². The lowest BCUT2D eigenvalue weighted by Gasteiger charge is -2.35. The standard InChI is InChI=1S/C12H14N2O5S/c1-8(15)13-10-2-4-11(5-3-10)20(18,19)14-6-9(7-14)12(16)17/h2-5,9H,6-7H2,1H3,(H,13,15)(H,16,17). The van der Waals surface area contributed by atoms with Crippen LogP contribution in [0.4, 0.5) is 5.69 Å². The van der Waals surface area contributed by atoms with Gasteiger partial charge in [-0.15, -0.1) is 0 Å². The molecule has 0 radical (unpaired) electrons. The van der Waals surface area contributed by atoms with Crippen molar-refractivity contribution >= 4 is 27.6 Å². The Bertz CT molecular complexity index is 632. The largest absolute Gasteiger partial charge is 0.481 e. The van der Waals surface area contributed by atoms with Crippen LogP contribution in [0.15, 0.2) is 29.2 Å². The first-order valence-electron chi connectivity index (χ1n) is 5.91. The summed E-state index contributed by atoms with van der Waals surface area (Å²) in [7, 11) is -3.66. The van der Waals surface area contributed by atoms with Crippen LogP contribution in [0, 0.1) is 5.92 Å². The van der Waals surface area contributed by atoms with Crippen LogP contribution in [0.1, 0.15) is 6.92 Å². The van der Waals surface area contributed by atoms with Gasteiger partial charge < -0.3 is 10.4 Å². The molecule has 1 aromatic rings. The second-order valence-corrected chi connectivity index (χ2v) is 6.50. The van der Waals surface area contributed by atoms with E-state index >= 15 is 0 Å². The van der Waals surface area contributed by atoms with E-state index in [9.17, 15) is 18.0 Å². The van der Waals surface area contributed by atoms with Crippen molar-refractivity contribution in [2.24, 2.45) is 5.92 Å². The van der Waals surface area contributed by atoms with Crippen molar-refractivity contribution in [2.45, 2.75) is 11.8 Å². The summed E-state index contributed by atoms with van der Waals surface area (Å²) in [6.45, 7) is 1.34. The predicted octanol–water partition coefficient (Wildman–Crippen LogP) is 0.350. The van der Waals surface area contributed by atoms with Crippen molar-refractivity contribution in [2.75, 3.05) is 18.4 Å². The molecule has 20 heavy (non-hydrogen) atoms. The van der Waals surface area contributed by atoms with E-state index in [1.54, 1.807) is 0 Å². The van der Waals surface area contributed by atoms with Gasteiger partial charge in [0.05, 0.1) is 10.8 Å². The number of nitrogens with zero attached hydrogens (tertiary/aromatic N) is 1. The first-order chi connectivity index (χ1) is 9.30. The molecule has 0 spiro atoms. The number of anilines is 1. The normalized spacial score (nSPS) is 16.4. The maximum absolute atomic E-state index is 12.2. The third kappa shape index (κ3) is 2.81. The maximum atomic E-state index is 12.2. The molecule has 0 bridgehead atoms. The Hall–Kier alpha value is -1.93. The molecule has 0 aromatic heterocycles. The predicted molar refractivity (Wildman–Crippen MR) is 70.6 cm³/mol. The highest BCUT2D eigenvalue weighted by atomic mass is 32.2. The molecule has 1 aliphatic heterocycles. The molecule has 1 aliphatic rings. The van der Waals surface area contributed by atoms with Crippen LogP contribution < -0.4 is 5.32 Å². The Balaban J connectivity index is 2.11. The van der Waals surface area contributed by atoms with E-state index in [2.05, 4.69) is 5.32 Å². The number of rotatable bonds is 4. The summed E-state index contributed by atoms with van der Waals surface area (Å²) in [6, 6.07) is 5.74. The zero-order chi connectivity index (χ0) is 14.9. The molecule has 7 nitrogen and oxygen atoms in total. The third-order valence-corrected chi connectivity index (χ3v) is 4.86. The van der Waals surface area contributed by atoms with Gasteiger partial charge in [-0.1, -0.05) is 0 Å². The number of hydrogen-bond donors (Lipinski definition) is 2. The quantitative estimate of drug-likeness (QED) is 0.834. The molecule has 0 aliphatic carbocycles. The Morgan fingerprint density at radius 3 is 2.25 bits per heavy atom. The number of nitrogens with one attached hydrogen (secondary N) is 1. The molecule has 0 unspecified atom stereocenters. The summed E-state index contributed by atoms with van der Waals surface area (Å²) in [5.41, 5.74) is 0.503. The number of sulfonamides is 1. The molecule has 1 aromatic carbocycles. The molecule has 1 amide bonds. The maximum Gasteiger partial charge on any atom is 0.309 e.